The van der Waals surface area contributed by atoms with Crippen LogP contribution in [0.25, 0.3) is 11.0 Å². The van der Waals surface area contributed by atoms with Crippen molar-refractivity contribution in [3.8, 4) is 5.75 Å². The highest BCUT2D eigenvalue weighted by atomic mass is 16.6. The third-order valence-electron chi connectivity index (χ3n) is 6.29. The Morgan fingerprint density at radius 3 is 2.61 bits per heavy atom. The van der Waals surface area contributed by atoms with E-state index in [0.717, 1.165) is 11.0 Å². The lowest BCUT2D eigenvalue weighted by Gasteiger charge is -2.41. The smallest absolute Gasteiger partial charge is 0.410 e. The number of imidazole rings is 1. The number of aromatic nitrogens is 2. The first-order chi connectivity index (χ1) is 17.0. The van der Waals surface area contributed by atoms with E-state index >= 15 is 0 Å². The second-order valence-electron chi connectivity index (χ2n) is 10.3. The van der Waals surface area contributed by atoms with Crippen LogP contribution in [0, 0.1) is 6.92 Å². The molecule has 1 fully saturated rings. The number of hydrogen-bond donors (Lipinski definition) is 3. The number of rotatable bonds is 5. The molecule has 192 valence electrons. The molecule has 0 unspecified atom stereocenters. The molecule has 10 nitrogen and oxygen atoms in total. The van der Waals surface area contributed by atoms with E-state index in [1.54, 1.807) is 32.6 Å². The number of amides is 2. The number of para-hydroxylation sites is 2. The highest BCUT2D eigenvalue weighted by Gasteiger charge is 2.44. The Hall–Kier alpha value is -3.82. The molecule has 0 spiro atoms. The molecule has 4 rings (SSSR count). The second-order valence-corrected chi connectivity index (χ2v) is 10.3. The van der Waals surface area contributed by atoms with Gasteiger partial charge in [0.1, 0.15) is 17.2 Å². The number of nitrogens with one attached hydrogen (secondary N) is 2. The van der Waals surface area contributed by atoms with Crippen LogP contribution in [0.1, 0.15) is 57.4 Å². The highest BCUT2D eigenvalue weighted by Crippen LogP contribution is 2.42. The van der Waals surface area contributed by atoms with Gasteiger partial charge in [-0.1, -0.05) is 12.1 Å². The van der Waals surface area contributed by atoms with Crippen LogP contribution < -0.4 is 10.7 Å². The summed E-state index contributed by atoms with van der Waals surface area (Å²) in [6, 6.07) is 8.79. The first-order valence-corrected chi connectivity index (χ1v) is 12.0. The van der Waals surface area contributed by atoms with Crippen LogP contribution in [0.4, 0.5) is 4.79 Å². The predicted molar refractivity (Wildman–Crippen MR) is 133 cm³/mol. The second kappa shape index (κ2) is 9.67. The molecule has 0 atom stereocenters. The van der Waals surface area contributed by atoms with Crippen molar-refractivity contribution in [1.82, 2.24) is 20.2 Å². The summed E-state index contributed by atoms with van der Waals surface area (Å²) in [7, 11) is 0. The summed E-state index contributed by atoms with van der Waals surface area (Å²) in [6.45, 7) is 7.76. The van der Waals surface area contributed by atoms with Gasteiger partial charge in [-0.05, 0) is 52.7 Å². The zero-order valence-corrected chi connectivity index (χ0v) is 21.0. The fourth-order valence-corrected chi connectivity index (χ4v) is 4.53. The number of carbonyl (C=O) groups excluding carboxylic acids is 2. The molecule has 2 amide bonds. The number of H-pyrrole nitrogens is 1. The van der Waals surface area contributed by atoms with Gasteiger partial charge in [0.2, 0.25) is 17.1 Å². The Labute approximate surface area is 208 Å². The Balaban J connectivity index is 1.53. The van der Waals surface area contributed by atoms with Crippen LogP contribution >= 0.6 is 0 Å². The van der Waals surface area contributed by atoms with E-state index in [9.17, 15) is 19.5 Å². The molecule has 36 heavy (non-hydrogen) atoms. The van der Waals surface area contributed by atoms with Crippen molar-refractivity contribution in [1.29, 1.82) is 0 Å². The fourth-order valence-electron chi connectivity index (χ4n) is 4.53. The topological polar surface area (TPSA) is 138 Å². The molecule has 1 aromatic carbocycles. The summed E-state index contributed by atoms with van der Waals surface area (Å²) >= 11 is 0. The molecule has 0 saturated carbocycles. The lowest BCUT2D eigenvalue weighted by Crippen LogP contribution is -2.48. The maximum absolute atomic E-state index is 13.1. The number of nitrogens with zero attached hydrogens (tertiary/aromatic N) is 2. The van der Waals surface area contributed by atoms with Crippen LogP contribution in [0.15, 0.2) is 39.5 Å². The molecule has 0 aliphatic carbocycles. The minimum atomic E-state index is -0.967. The van der Waals surface area contributed by atoms with Gasteiger partial charge in [0.15, 0.2) is 5.76 Å². The predicted octanol–water partition coefficient (Wildman–Crippen LogP) is 3.51. The number of aryl methyl sites for hydroxylation is 1. The number of piperidine rings is 1. The average Bonchev–Trinajstić information content (AvgIpc) is 3.22. The Morgan fingerprint density at radius 2 is 1.94 bits per heavy atom. The van der Waals surface area contributed by atoms with Crippen molar-refractivity contribution in [3.05, 3.63) is 57.9 Å². The van der Waals surface area contributed by atoms with Crippen molar-refractivity contribution in [2.24, 2.45) is 0 Å². The van der Waals surface area contributed by atoms with Gasteiger partial charge in [-0.25, -0.2) is 9.78 Å². The number of hydrogen-bond acceptors (Lipinski definition) is 7. The number of aromatic amines is 1. The Morgan fingerprint density at radius 1 is 1.25 bits per heavy atom. The molecule has 3 N–H and O–H groups in total. The maximum Gasteiger partial charge on any atom is 0.410 e. The zero-order chi connectivity index (χ0) is 26.1. The van der Waals surface area contributed by atoms with Gasteiger partial charge in [0.05, 0.1) is 17.6 Å². The minimum Gasteiger partial charge on any atom is -0.502 e. The number of likely N-dealkylation sites (tertiary alicyclic amines) is 1. The van der Waals surface area contributed by atoms with Crippen molar-refractivity contribution in [3.63, 3.8) is 0 Å². The van der Waals surface area contributed by atoms with E-state index in [0.29, 0.717) is 24.4 Å². The zero-order valence-electron chi connectivity index (χ0n) is 21.0. The molecule has 1 saturated heterocycles. The van der Waals surface area contributed by atoms with Crippen molar-refractivity contribution >= 4 is 23.0 Å². The van der Waals surface area contributed by atoms with Crippen molar-refractivity contribution in [2.45, 2.75) is 64.5 Å². The van der Waals surface area contributed by atoms with E-state index in [1.165, 1.54) is 6.07 Å². The van der Waals surface area contributed by atoms with E-state index < -0.39 is 28.3 Å². The van der Waals surface area contributed by atoms with Crippen LogP contribution in [-0.4, -0.2) is 50.7 Å². The normalized spacial score (nSPS) is 15.6. The first kappa shape index (κ1) is 25.3. The van der Waals surface area contributed by atoms with E-state index in [-0.39, 0.29) is 37.7 Å². The highest BCUT2D eigenvalue weighted by molar-refractivity contribution is 5.78. The Bertz CT molecular complexity index is 1300. The summed E-state index contributed by atoms with van der Waals surface area (Å²) in [5, 5.41) is 13.5. The van der Waals surface area contributed by atoms with Crippen LogP contribution in [0.5, 0.6) is 5.75 Å². The third-order valence-corrected chi connectivity index (χ3v) is 6.29. The van der Waals surface area contributed by atoms with Crippen molar-refractivity contribution < 1.29 is 23.8 Å². The minimum absolute atomic E-state index is 0.0324. The number of aromatic hydroxyl groups is 1. The molecule has 3 heterocycles. The third kappa shape index (κ3) is 5.53. The summed E-state index contributed by atoms with van der Waals surface area (Å²) < 4.78 is 11.3. The van der Waals surface area contributed by atoms with E-state index in [1.807, 2.05) is 24.3 Å². The molecule has 10 heteroatoms. The number of benzene rings is 1. The SMILES string of the molecule is Cc1cc(=O)c(O)c(C2(CC(=O)NCc3nc4ccccc4[nH]3)CCN(C(=O)OC(C)(C)C)CC2)o1. The van der Waals surface area contributed by atoms with Gasteiger partial charge in [0, 0.05) is 31.0 Å². The average molecular weight is 497 g/mol. The lowest BCUT2D eigenvalue weighted by atomic mass is 9.73. The number of fused-ring (bicyclic) bond motifs is 1. The van der Waals surface area contributed by atoms with Crippen LogP contribution in [0.3, 0.4) is 0 Å². The molecule has 2 aromatic heterocycles. The van der Waals surface area contributed by atoms with E-state index in [4.69, 9.17) is 9.15 Å². The molecule has 1 aliphatic heterocycles. The largest absolute Gasteiger partial charge is 0.502 e. The molecule has 3 aromatic rings. The van der Waals surface area contributed by atoms with Crippen LogP contribution in [0.2, 0.25) is 0 Å². The van der Waals surface area contributed by atoms with Crippen LogP contribution in [-0.2, 0) is 21.5 Å². The maximum atomic E-state index is 13.1. The molecule has 0 bridgehead atoms. The first-order valence-electron chi connectivity index (χ1n) is 12.0. The lowest BCUT2D eigenvalue weighted by molar-refractivity contribution is -0.123. The van der Waals surface area contributed by atoms with Crippen molar-refractivity contribution in [2.75, 3.05) is 13.1 Å². The van der Waals surface area contributed by atoms with Gasteiger partial charge in [-0.3, -0.25) is 9.59 Å². The summed E-state index contributed by atoms with van der Waals surface area (Å²) in [5.74, 6) is 0.240. The summed E-state index contributed by atoms with van der Waals surface area (Å²) in [5.41, 5.74) is -0.487. The van der Waals surface area contributed by atoms with Gasteiger partial charge < -0.3 is 29.5 Å². The van der Waals surface area contributed by atoms with Gasteiger partial charge in [0.25, 0.3) is 0 Å². The number of carbonyl (C=O) groups is 2. The summed E-state index contributed by atoms with van der Waals surface area (Å²) in [6.07, 6.45) is 0.143. The Kier molecular flexibility index (Phi) is 6.79. The molecule has 1 aliphatic rings. The van der Waals surface area contributed by atoms with E-state index in [2.05, 4.69) is 15.3 Å². The number of ether oxygens (including phenoxy) is 1. The standard InChI is InChI=1S/C26H32N4O6/c1-16-13-19(31)22(33)23(35-16)26(9-11-30(12-10-26)24(34)36-25(2,3)4)14-21(32)27-15-20-28-17-7-5-6-8-18(17)29-20/h5-8,13,33H,9-12,14-15H2,1-4H3,(H,27,32)(H,28,29). The molecule has 0 radical (unpaired) electrons. The van der Waals surface area contributed by atoms with Gasteiger partial charge >= 0.3 is 6.09 Å². The van der Waals surface area contributed by atoms with Gasteiger partial charge in [-0.2, -0.15) is 0 Å². The molecular formula is C26H32N4O6. The summed E-state index contributed by atoms with van der Waals surface area (Å²) in [4.78, 5) is 47.3. The molecular weight excluding hydrogens is 464 g/mol. The van der Waals surface area contributed by atoms with Gasteiger partial charge in [-0.15, -0.1) is 0 Å². The quantitative estimate of drug-likeness (QED) is 0.491. The fraction of sp³-hybridized carbons (Fsp3) is 0.462. The monoisotopic (exact) mass is 496 g/mol.